The van der Waals surface area contributed by atoms with Crippen LogP contribution >= 0.6 is 15.9 Å². The molecule has 0 aromatic heterocycles. The fraction of sp³-hybridized carbons (Fsp3) is 1.00. The smallest absolute Gasteiger partial charge is 0.201 e. The zero-order chi connectivity index (χ0) is 13.9. The molecule has 0 heterocycles. The largest absolute Gasteiger partial charge is 0.279 e. The first-order valence-electron chi connectivity index (χ1n) is 5.82. The molecule has 1 atom stereocenters. The van der Waals surface area contributed by atoms with Gasteiger partial charge in [-0.2, -0.15) is 12.7 Å². The van der Waals surface area contributed by atoms with Crippen LogP contribution in [0.5, 0.6) is 0 Å². The lowest BCUT2D eigenvalue weighted by Crippen LogP contribution is -2.44. The Bertz CT molecular complexity index is 323. The van der Waals surface area contributed by atoms with E-state index in [-0.39, 0.29) is 16.3 Å². The third-order valence-corrected chi connectivity index (χ3v) is 4.79. The van der Waals surface area contributed by atoms with Gasteiger partial charge in [0.2, 0.25) is 0 Å². The van der Waals surface area contributed by atoms with E-state index in [1.54, 1.807) is 7.05 Å². The van der Waals surface area contributed by atoms with Crippen molar-refractivity contribution in [2.75, 3.05) is 13.6 Å². The molecule has 0 radical (unpaired) electrons. The topological polar surface area (TPSA) is 49.4 Å². The van der Waals surface area contributed by atoms with E-state index in [1.807, 2.05) is 13.8 Å². The molecule has 1 unspecified atom stereocenters. The zero-order valence-electron chi connectivity index (χ0n) is 11.6. The second-order valence-corrected chi connectivity index (χ2v) is 8.94. The molecule has 0 aliphatic rings. The highest BCUT2D eigenvalue weighted by atomic mass is 79.9. The number of alkyl halides is 1. The van der Waals surface area contributed by atoms with Crippen LogP contribution in [0.3, 0.4) is 0 Å². The Morgan fingerprint density at radius 2 is 1.76 bits per heavy atom. The van der Waals surface area contributed by atoms with Crippen LogP contribution in [0, 0.1) is 5.41 Å². The SMILES string of the molecule is CC(C)N(C)S(=O)(=O)NCC(Br)CC(C)(C)C. The lowest BCUT2D eigenvalue weighted by Gasteiger charge is -2.25. The predicted molar refractivity (Wildman–Crippen MR) is 76.6 cm³/mol. The minimum absolute atomic E-state index is 0.0381. The van der Waals surface area contributed by atoms with Crippen LogP contribution in [-0.4, -0.2) is 37.2 Å². The van der Waals surface area contributed by atoms with Crippen molar-refractivity contribution in [3.63, 3.8) is 0 Å². The van der Waals surface area contributed by atoms with Crippen molar-refractivity contribution < 1.29 is 8.42 Å². The lowest BCUT2D eigenvalue weighted by molar-refractivity contribution is 0.369. The van der Waals surface area contributed by atoms with Crippen molar-refractivity contribution in [2.24, 2.45) is 5.41 Å². The van der Waals surface area contributed by atoms with Gasteiger partial charge in [0.1, 0.15) is 0 Å². The van der Waals surface area contributed by atoms with E-state index in [0.29, 0.717) is 6.54 Å². The van der Waals surface area contributed by atoms with E-state index in [2.05, 4.69) is 41.4 Å². The van der Waals surface area contributed by atoms with Gasteiger partial charge in [0.25, 0.3) is 10.2 Å². The van der Waals surface area contributed by atoms with Crippen LogP contribution in [0.15, 0.2) is 0 Å². The molecule has 0 fully saturated rings. The van der Waals surface area contributed by atoms with E-state index in [1.165, 1.54) is 4.31 Å². The van der Waals surface area contributed by atoms with Gasteiger partial charge >= 0.3 is 0 Å². The highest BCUT2D eigenvalue weighted by Crippen LogP contribution is 2.24. The summed E-state index contributed by atoms with van der Waals surface area (Å²) in [6, 6.07) is -0.0381. The minimum Gasteiger partial charge on any atom is -0.201 e. The maximum atomic E-state index is 11.8. The van der Waals surface area contributed by atoms with Crippen molar-refractivity contribution in [3.05, 3.63) is 0 Å². The molecule has 0 rings (SSSR count). The molecule has 0 saturated heterocycles. The van der Waals surface area contributed by atoms with E-state index >= 15 is 0 Å². The number of nitrogens with zero attached hydrogens (tertiary/aromatic N) is 1. The summed E-state index contributed by atoms with van der Waals surface area (Å²) in [5.74, 6) is 0. The first-order chi connectivity index (χ1) is 7.46. The van der Waals surface area contributed by atoms with Crippen molar-refractivity contribution >= 4 is 26.1 Å². The highest BCUT2D eigenvalue weighted by Gasteiger charge is 2.22. The Labute approximate surface area is 114 Å². The summed E-state index contributed by atoms with van der Waals surface area (Å²) in [6.07, 6.45) is 0.918. The number of nitrogens with one attached hydrogen (secondary N) is 1. The Morgan fingerprint density at radius 3 is 2.12 bits per heavy atom. The fourth-order valence-corrected chi connectivity index (χ4v) is 3.83. The Balaban J connectivity index is 4.29. The van der Waals surface area contributed by atoms with Gasteiger partial charge in [-0.3, -0.25) is 0 Å². The molecule has 0 aromatic rings. The van der Waals surface area contributed by atoms with Crippen LogP contribution in [0.4, 0.5) is 0 Å². The number of halogens is 1. The van der Waals surface area contributed by atoms with Gasteiger partial charge in [-0.15, -0.1) is 0 Å². The second kappa shape index (κ2) is 6.50. The molecule has 6 heteroatoms. The molecule has 0 spiro atoms. The first kappa shape index (κ1) is 17.4. The van der Waals surface area contributed by atoms with E-state index in [4.69, 9.17) is 0 Å². The van der Waals surface area contributed by atoms with Crippen LogP contribution in [0.25, 0.3) is 0 Å². The summed E-state index contributed by atoms with van der Waals surface area (Å²) in [5, 5.41) is 0. The molecule has 0 amide bonds. The Hall–Kier alpha value is 0.350. The average molecular weight is 329 g/mol. The second-order valence-electron chi connectivity index (χ2n) is 5.83. The van der Waals surface area contributed by atoms with Gasteiger partial charge in [0.15, 0.2) is 0 Å². The van der Waals surface area contributed by atoms with Crippen molar-refractivity contribution in [3.8, 4) is 0 Å². The molecule has 17 heavy (non-hydrogen) atoms. The van der Waals surface area contributed by atoms with Gasteiger partial charge < -0.3 is 0 Å². The first-order valence-corrected chi connectivity index (χ1v) is 8.18. The van der Waals surface area contributed by atoms with Crippen molar-refractivity contribution in [2.45, 2.75) is 51.9 Å². The van der Waals surface area contributed by atoms with E-state index in [0.717, 1.165) is 6.42 Å². The molecule has 104 valence electrons. The standard InChI is InChI=1S/C11H25BrN2O2S/c1-9(2)14(6)17(15,16)13-8-10(12)7-11(3,4)5/h9-10,13H,7-8H2,1-6H3. The van der Waals surface area contributed by atoms with Gasteiger partial charge in [-0.1, -0.05) is 36.7 Å². The Morgan fingerprint density at radius 1 is 1.29 bits per heavy atom. The predicted octanol–water partition coefficient (Wildman–Crippen LogP) is 2.36. The summed E-state index contributed by atoms with van der Waals surface area (Å²) < 4.78 is 27.6. The maximum Gasteiger partial charge on any atom is 0.279 e. The number of hydrogen-bond acceptors (Lipinski definition) is 2. The quantitative estimate of drug-likeness (QED) is 0.761. The fourth-order valence-electron chi connectivity index (χ4n) is 1.31. The van der Waals surface area contributed by atoms with Crippen LogP contribution in [0.1, 0.15) is 41.0 Å². The molecule has 0 aromatic carbocycles. The zero-order valence-corrected chi connectivity index (χ0v) is 14.0. The summed E-state index contributed by atoms with van der Waals surface area (Å²) in [4.78, 5) is 0.151. The molecule has 0 saturated carbocycles. The van der Waals surface area contributed by atoms with E-state index in [9.17, 15) is 8.42 Å². The molecule has 1 N–H and O–H groups in total. The number of hydrogen-bond donors (Lipinski definition) is 1. The third kappa shape index (κ3) is 7.39. The molecule has 0 bridgehead atoms. The molecule has 0 aliphatic carbocycles. The highest BCUT2D eigenvalue weighted by molar-refractivity contribution is 9.09. The van der Waals surface area contributed by atoms with Gasteiger partial charge in [0, 0.05) is 24.5 Å². The molecular weight excluding hydrogens is 304 g/mol. The minimum atomic E-state index is -3.36. The van der Waals surface area contributed by atoms with Crippen LogP contribution < -0.4 is 4.72 Å². The summed E-state index contributed by atoms with van der Waals surface area (Å²) in [7, 11) is -1.77. The Kier molecular flexibility index (Phi) is 6.63. The maximum absolute atomic E-state index is 11.8. The van der Waals surface area contributed by atoms with E-state index < -0.39 is 10.2 Å². The van der Waals surface area contributed by atoms with Crippen molar-refractivity contribution in [1.29, 1.82) is 0 Å². The summed E-state index contributed by atoms with van der Waals surface area (Å²) in [6.45, 7) is 10.5. The van der Waals surface area contributed by atoms with Gasteiger partial charge in [-0.25, -0.2) is 4.72 Å². The summed E-state index contributed by atoms with van der Waals surface area (Å²) >= 11 is 3.51. The lowest BCUT2D eigenvalue weighted by atomic mass is 9.91. The van der Waals surface area contributed by atoms with Crippen molar-refractivity contribution in [1.82, 2.24) is 9.03 Å². The average Bonchev–Trinajstić information content (AvgIpc) is 2.11. The summed E-state index contributed by atoms with van der Waals surface area (Å²) in [5.41, 5.74) is 0.184. The third-order valence-electron chi connectivity index (χ3n) is 2.43. The monoisotopic (exact) mass is 328 g/mol. The van der Waals surface area contributed by atoms with Gasteiger partial charge in [0.05, 0.1) is 0 Å². The molecule has 0 aliphatic heterocycles. The number of rotatable bonds is 6. The van der Waals surface area contributed by atoms with Gasteiger partial charge in [-0.05, 0) is 25.7 Å². The normalized spacial score (nSPS) is 15.6. The molecular formula is C11H25BrN2O2S. The van der Waals surface area contributed by atoms with Crippen LogP contribution in [-0.2, 0) is 10.2 Å². The molecule has 4 nitrogen and oxygen atoms in total. The van der Waals surface area contributed by atoms with Crippen LogP contribution in [0.2, 0.25) is 0 Å².